The molecule has 1 aliphatic heterocycles. The maximum atomic E-state index is 13.1. The normalized spacial score (nSPS) is 14.2. The Balaban J connectivity index is 2.00. The summed E-state index contributed by atoms with van der Waals surface area (Å²) < 4.78 is 5.50. The van der Waals surface area contributed by atoms with Gasteiger partial charge in [0.2, 0.25) is 0 Å². The number of ether oxygens (including phenoxy) is 1. The summed E-state index contributed by atoms with van der Waals surface area (Å²) >= 11 is 0. The Morgan fingerprint density at radius 1 is 0.931 bits per heavy atom. The second-order valence-corrected chi connectivity index (χ2v) is 7.50. The molecule has 1 aliphatic rings. The molecule has 0 bridgehead atoms. The van der Waals surface area contributed by atoms with E-state index in [2.05, 4.69) is 12.2 Å². The summed E-state index contributed by atoms with van der Waals surface area (Å²) in [5.74, 6) is 0.373. The average molecular weight is 392 g/mol. The van der Waals surface area contributed by atoms with E-state index in [1.54, 1.807) is 0 Å². The summed E-state index contributed by atoms with van der Waals surface area (Å²) in [6.45, 7) is 8.96. The SMILES string of the molecule is CCOc1ccc(C2=C(Nc3ccc(CC)cc3)C(=O)N(CC(C)C)C2=O)cc1. The number of amides is 2. The molecule has 1 heterocycles. The molecule has 3 rings (SSSR count). The minimum absolute atomic E-state index is 0.188. The van der Waals surface area contributed by atoms with Gasteiger partial charge >= 0.3 is 0 Å². The van der Waals surface area contributed by atoms with Crippen LogP contribution in [0.4, 0.5) is 5.69 Å². The molecule has 0 unspecified atom stereocenters. The van der Waals surface area contributed by atoms with E-state index in [1.165, 1.54) is 10.5 Å². The molecule has 0 aromatic heterocycles. The Kier molecular flexibility index (Phi) is 6.37. The van der Waals surface area contributed by atoms with Gasteiger partial charge in [-0.05, 0) is 54.7 Å². The summed E-state index contributed by atoms with van der Waals surface area (Å²) in [7, 11) is 0. The first-order valence-electron chi connectivity index (χ1n) is 10.1. The van der Waals surface area contributed by atoms with Gasteiger partial charge in [-0.1, -0.05) is 45.0 Å². The molecule has 5 heteroatoms. The van der Waals surface area contributed by atoms with Crippen LogP contribution >= 0.6 is 0 Å². The van der Waals surface area contributed by atoms with E-state index < -0.39 is 0 Å². The third kappa shape index (κ3) is 4.50. The molecule has 2 amide bonds. The molecule has 2 aromatic rings. The number of imide groups is 1. The van der Waals surface area contributed by atoms with E-state index in [4.69, 9.17) is 4.74 Å². The molecule has 2 aromatic carbocycles. The lowest BCUT2D eigenvalue weighted by molar-refractivity contribution is -0.137. The minimum Gasteiger partial charge on any atom is -0.494 e. The molecular weight excluding hydrogens is 364 g/mol. The van der Waals surface area contributed by atoms with Gasteiger partial charge in [0, 0.05) is 12.2 Å². The van der Waals surface area contributed by atoms with Gasteiger partial charge in [-0.3, -0.25) is 14.5 Å². The van der Waals surface area contributed by atoms with Crippen LogP contribution in [-0.2, 0) is 16.0 Å². The third-order valence-electron chi connectivity index (χ3n) is 4.80. The van der Waals surface area contributed by atoms with Gasteiger partial charge in [0.25, 0.3) is 11.8 Å². The molecule has 0 atom stereocenters. The highest BCUT2D eigenvalue weighted by atomic mass is 16.5. The van der Waals surface area contributed by atoms with Gasteiger partial charge < -0.3 is 10.1 Å². The fraction of sp³-hybridized carbons (Fsp3) is 0.333. The average Bonchev–Trinajstić information content (AvgIpc) is 2.93. The van der Waals surface area contributed by atoms with Crippen LogP contribution in [0.25, 0.3) is 5.57 Å². The Labute approximate surface area is 172 Å². The molecule has 0 spiro atoms. The predicted molar refractivity (Wildman–Crippen MR) is 116 cm³/mol. The second kappa shape index (κ2) is 8.95. The molecule has 0 fully saturated rings. The molecule has 0 saturated carbocycles. The first kappa shape index (κ1) is 20.6. The standard InChI is InChI=1S/C24H28N2O3/c1-5-17-7-11-19(12-8-17)25-22-21(18-9-13-20(14-10-18)29-6-2)23(27)26(24(22)28)15-16(3)4/h7-14,16,25H,5-6,15H2,1-4H3. The quantitative estimate of drug-likeness (QED) is 0.672. The zero-order valence-electron chi connectivity index (χ0n) is 17.5. The van der Waals surface area contributed by atoms with Crippen LogP contribution in [-0.4, -0.2) is 29.9 Å². The van der Waals surface area contributed by atoms with Crippen LogP contribution in [0.2, 0.25) is 0 Å². The highest BCUT2D eigenvalue weighted by molar-refractivity contribution is 6.36. The lowest BCUT2D eigenvalue weighted by atomic mass is 10.0. The van der Waals surface area contributed by atoms with Crippen molar-refractivity contribution in [1.82, 2.24) is 4.90 Å². The molecule has 0 radical (unpaired) electrons. The third-order valence-corrected chi connectivity index (χ3v) is 4.80. The zero-order valence-corrected chi connectivity index (χ0v) is 17.5. The summed E-state index contributed by atoms with van der Waals surface area (Å²) in [6, 6.07) is 15.2. The van der Waals surface area contributed by atoms with Crippen molar-refractivity contribution in [2.24, 2.45) is 5.92 Å². The monoisotopic (exact) mass is 392 g/mol. The Hall–Kier alpha value is -3.08. The van der Waals surface area contributed by atoms with Crippen LogP contribution in [0.5, 0.6) is 5.75 Å². The van der Waals surface area contributed by atoms with E-state index in [-0.39, 0.29) is 17.7 Å². The van der Waals surface area contributed by atoms with E-state index in [1.807, 2.05) is 69.3 Å². The van der Waals surface area contributed by atoms with Gasteiger partial charge in [0.1, 0.15) is 11.4 Å². The highest BCUT2D eigenvalue weighted by Gasteiger charge is 2.39. The van der Waals surface area contributed by atoms with Crippen LogP contribution in [0.15, 0.2) is 54.2 Å². The Morgan fingerprint density at radius 3 is 2.14 bits per heavy atom. The van der Waals surface area contributed by atoms with Crippen LogP contribution in [0, 0.1) is 5.92 Å². The molecule has 5 nitrogen and oxygen atoms in total. The van der Waals surface area contributed by atoms with Crippen molar-refractivity contribution in [3.05, 3.63) is 65.4 Å². The van der Waals surface area contributed by atoms with Gasteiger partial charge in [0.05, 0.1) is 12.2 Å². The van der Waals surface area contributed by atoms with Crippen molar-refractivity contribution < 1.29 is 14.3 Å². The molecule has 152 valence electrons. The largest absolute Gasteiger partial charge is 0.494 e. The van der Waals surface area contributed by atoms with Crippen LogP contribution < -0.4 is 10.1 Å². The van der Waals surface area contributed by atoms with Crippen LogP contribution in [0.3, 0.4) is 0 Å². The number of rotatable bonds is 8. The second-order valence-electron chi connectivity index (χ2n) is 7.50. The van der Waals surface area contributed by atoms with E-state index >= 15 is 0 Å². The number of aryl methyl sites for hydroxylation is 1. The first-order valence-corrected chi connectivity index (χ1v) is 10.1. The van der Waals surface area contributed by atoms with Crippen molar-refractivity contribution in [2.45, 2.75) is 34.1 Å². The highest BCUT2D eigenvalue weighted by Crippen LogP contribution is 2.32. The topological polar surface area (TPSA) is 58.6 Å². The maximum Gasteiger partial charge on any atom is 0.278 e. The Morgan fingerprint density at radius 2 is 1.59 bits per heavy atom. The number of carbonyl (C=O) groups is 2. The summed E-state index contributed by atoms with van der Waals surface area (Å²) in [6.07, 6.45) is 0.944. The molecule has 1 N–H and O–H groups in total. The fourth-order valence-electron chi connectivity index (χ4n) is 3.34. The van der Waals surface area contributed by atoms with E-state index in [0.29, 0.717) is 30.0 Å². The predicted octanol–water partition coefficient (Wildman–Crippen LogP) is 4.50. The smallest absolute Gasteiger partial charge is 0.278 e. The van der Waals surface area contributed by atoms with Crippen molar-refractivity contribution in [1.29, 1.82) is 0 Å². The van der Waals surface area contributed by atoms with Crippen molar-refractivity contribution in [3.63, 3.8) is 0 Å². The number of benzene rings is 2. The summed E-state index contributed by atoms with van der Waals surface area (Å²) in [5, 5.41) is 3.20. The molecule has 0 aliphatic carbocycles. The maximum absolute atomic E-state index is 13.1. The zero-order chi connectivity index (χ0) is 21.0. The summed E-state index contributed by atoms with van der Waals surface area (Å²) in [5.41, 5.74) is 3.42. The fourth-order valence-corrected chi connectivity index (χ4v) is 3.34. The minimum atomic E-state index is -0.285. The molecule has 0 saturated heterocycles. The lowest BCUT2D eigenvalue weighted by Gasteiger charge is -2.17. The van der Waals surface area contributed by atoms with Gasteiger partial charge in [-0.2, -0.15) is 0 Å². The van der Waals surface area contributed by atoms with E-state index in [9.17, 15) is 9.59 Å². The first-order chi connectivity index (χ1) is 13.9. The van der Waals surface area contributed by atoms with Gasteiger partial charge in [0.15, 0.2) is 0 Å². The lowest BCUT2D eigenvalue weighted by Crippen LogP contribution is -2.35. The van der Waals surface area contributed by atoms with E-state index in [0.717, 1.165) is 17.9 Å². The van der Waals surface area contributed by atoms with Gasteiger partial charge in [-0.15, -0.1) is 0 Å². The number of hydrogen-bond acceptors (Lipinski definition) is 4. The number of carbonyl (C=O) groups excluding carboxylic acids is 2. The number of nitrogens with zero attached hydrogens (tertiary/aromatic N) is 1. The van der Waals surface area contributed by atoms with Crippen molar-refractivity contribution in [3.8, 4) is 5.75 Å². The van der Waals surface area contributed by atoms with Crippen molar-refractivity contribution in [2.75, 3.05) is 18.5 Å². The molecule has 29 heavy (non-hydrogen) atoms. The number of nitrogens with one attached hydrogen (secondary N) is 1. The van der Waals surface area contributed by atoms with Crippen LogP contribution in [0.1, 0.15) is 38.8 Å². The molecular formula is C24H28N2O3. The Bertz CT molecular complexity index is 912. The summed E-state index contributed by atoms with van der Waals surface area (Å²) in [4.78, 5) is 27.6. The number of hydrogen-bond donors (Lipinski definition) is 1. The number of anilines is 1. The van der Waals surface area contributed by atoms with Gasteiger partial charge in [-0.25, -0.2) is 0 Å². The van der Waals surface area contributed by atoms with Crippen molar-refractivity contribution >= 4 is 23.1 Å².